The summed E-state index contributed by atoms with van der Waals surface area (Å²) in [7, 11) is 1.69. The number of fused-ring (bicyclic) bond motifs is 1. The van der Waals surface area contributed by atoms with Crippen LogP contribution in [0.4, 0.5) is 16.2 Å². The molecule has 0 saturated carbocycles. The van der Waals surface area contributed by atoms with E-state index >= 15 is 0 Å². The van der Waals surface area contributed by atoms with Gasteiger partial charge in [0.25, 0.3) is 0 Å². The van der Waals surface area contributed by atoms with Gasteiger partial charge >= 0.3 is 12.0 Å². The number of aliphatic carboxylic acids is 1. The minimum absolute atomic E-state index is 0.178. The summed E-state index contributed by atoms with van der Waals surface area (Å²) in [6, 6.07) is 12.8. The summed E-state index contributed by atoms with van der Waals surface area (Å²) in [5.74, 6) is -0.627. The zero-order chi connectivity index (χ0) is 18.8. The fourth-order valence-corrected chi connectivity index (χ4v) is 3.87. The van der Waals surface area contributed by atoms with Crippen molar-refractivity contribution in [3.8, 4) is 5.75 Å². The molecule has 0 aliphatic carbocycles. The maximum Gasteiger partial charge on any atom is 0.344 e. The van der Waals surface area contributed by atoms with E-state index < -0.39 is 12.1 Å². The van der Waals surface area contributed by atoms with Crippen molar-refractivity contribution in [1.82, 2.24) is 0 Å². The van der Waals surface area contributed by atoms with Crippen LogP contribution >= 0.6 is 23.7 Å². The summed E-state index contributed by atoms with van der Waals surface area (Å²) in [5, 5.41) is 8.97. The number of benzene rings is 2. The van der Waals surface area contributed by atoms with Gasteiger partial charge in [-0.3, -0.25) is 4.90 Å². The monoisotopic (exact) mass is 390 g/mol. The van der Waals surface area contributed by atoms with E-state index in [0.29, 0.717) is 11.4 Å². The molecule has 1 aliphatic heterocycles. The van der Waals surface area contributed by atoms with Crippen LogP contribution in [0.2, 0.25) is 0 Å². The second kappa shape index (κ2) is 7.51. The highest BCUT2D eigenvalue weighted by Gasteiger charge is 2.30. The SMILES string of the molecule is CSc1ccc(N2Sc3ccc(O[C@H](C)C(=O)O)cc3N(C)C2=O)cc1. The number of rotatable bonds is 5. The average molecular weight is 390 g/mol. The lowest BCUT2D eigenvalue weighted by molar-refractivity contribution is -0.144. The highest BCUT2D eigenvalue weighted by molar-refractivity contribution is 8.01. The van der Waals surface area contributed by atoms with Crippen molar-refractivity contribution < 1.29 is 19.4 Å². The maximum absolute atomic E-state index is 12.8. The number of carboxylic acid groups (broad SMARTS) is 1. The highest BCUT2D eigenvalue weighted by atomic mass is 32.2. The Bertz CT molecular complexity index is 842. The van der Waals surface area contributed by atoms with E-state index in [4.69, 9.17) is 9.84 Å². The molecule has 0 aromatic heterocycles. The predicted molar refractivity (Wildman–Crippen MR) is 105 cm³/mol. The third-order valence-corrected chi connectivity index (χ3v) is 5.74. The Labute approximate surface area is 160 Å². The normalized spacial score (nSPS) is 14.8. The van der Waals surface area contributed by atoms with Crippen molar-refractivity contribution >= 4 is 47.1 Å². The van der Waals surface area contributed by atoms with Gasteiger partial charge in [0.15, 0.2) is 6.10 Å². The largest absolute Gasteiger partial charge is 0.479 e. The van der Waals surface area contributed by atoms with Gasteiger partial charge in [-0.25, -0.2) is 13.9 Å². The zero-order valence-electron chi connectivity index (χ0n) is 14.5. The molecule has 1 N–H and O–H groups in total. The van der Waals surface area contributed by atoms with Gasteiger partial charge < -0.3 is 9.84 Å². The molecule has 26 heavy (non-hydrogen) atoms. The Hall–Kier alpha value is -2.32. The molecule has 1 atom stereocenters. The molecule has 136 valence electrons. The lowest BCUT2D eigenvalue weighted by Gasteiger charge is -2.34. The topological polar surface area (TPSA) is 70.1 Å². The van der Waals surface area contributed by atoms with Crippen LogP contribution < -0.4 is 13.9 Å². The summed E-state index contributed by atoms with van der Waals surface area (Å²) in [6.45, 7) is 1.46. The van der Waals surface area contributed by atoms with E-state index in [2.05, 4.69) is 0 Å². The van der Waals surface area contributed by atoms with Crippen LogP contribution in [0.5, 0.6) is 5.75 Å². The Morgan fingerprint density at radius 2 is 1.92 bits per heavy atom. The average Bonchev–Trinajstić information content (AvgIpc) is 2.65. The minimum Gasteiger partial charge on any atom is -0.479 e. The van der Waals surface area contributed by atoms with Gasteiger partial charge in [-0.2, -0.15) is 0 Å². The Morgan fingerprint density at radius 1 is 1.23 bits per heavy atom. The Morgan fingerprint density at radius 3 is 2.54 bits per heavy atom. The van der Waals surface area contributed by atoms with E-state index in [1.807, 2.05) is 36.6 Å². The molecule has 2 aromatic rings. The van der Waals surface area contributed by atoms with Gasteiger partial charge in [0.1, 0.15) is 5.75 Å². The molecule has 0 spiro atoms. The van der Waals surface area contributed by atoms with Crippen LogP contribution in [0.3, 0.4) is 0 Å². The van der Waals surface area contributed by atoms with Gasteiger partial charge in [0, 0.05) is 18.0 Å². The molecular weight excluding hydrogens is 372 g/mol. The lowest BCUT2D eigenvalue weighted by Crippen LogP contribution is -2.40. The molecule has 0 bridgehead atoms. The second-order valence-electron chi connectivity index (χ2n) is 5.65. The first-order chi connectivity index (χ1) is 12.4. The van der Waals surface area contributed by atoms with E-state index in [0.717, 1.165) is 15.5 Å². The first-order valence-corrected chi connectivity index (χ1v) is 9.84. The number of urea groups is 1. The number of hydrogen-bond donors (Lipinski definition) is 1. The van der Waals surface area contributed by atoms with E-state index in [9.17, 15) is 9.59 Å². The number of hydrogen-bond acceptors (Lipinski definition) is 5. The van der Waals surface area contributed by atoms with Crippen LogP contribution in [-0.2, 0) is 4.79 Å². The molecule has 1 aliphatic rings. The number of carbonyl (C=O) groups excluding carboxylic acids is 1. The molecule has 0 unspecified atom stereocenters. The lowest BCUT2D eigenvalue weighted by atomic mass is 10.2. The van der Waals surface area contributed by atoms with E-state index in [1.54, 1.807) is 35.2 Å². The first-order valence-electron chi connectivity index (χ1n) is 7.84. The summed E-state index contributed by atoms with van der Waals surface area (Å²) < 4.78 is 7.03. The molecule has 0 fully saturated rings. The summed E-state index contributed by atoms with van der Waals surface area (Å²) >= 11 is 2.98. The van der Waals surface area contributed by atoms with Crippen molar-refractivity contribution in [2.75, 3.05) is 22.5 Å². The fourth-order valence-electron chi connectivity index (χ4n) is 2.42. The fraction of sp³-hybridized carbons (Fsp3) is 0.222. The predicted octanol–water partition coefficient (Wildman–Crippen LogP) is 4.34. The third-order valence-electron chi connectivity index (χ3n) is 3.91. The molecule has 8 heteroatoms. The highest BCUT2D eigenvalue weighted by Crippen LogP contribution is 2.42. The van der Waals surface area contributed by atoms with Crippen LogP contribution in [0.15, 0.2) is 52.3 Å². The molecule has 2 amide bonds. The minimum atomic E-state index is -1.04. The molecule has 0 saturated heterocycles. The number of thioether (sulfide) groups is 1. The molecule has 1 heterocycles. The number of nitrogens with zero attached hydrogens (tertiary/aromatic N) is 2. The number of carboxylic acids is 1. The molecule has 2 aromatic carbocycles. The number of ether oxygens (including phenoxy) is 1. The zero-order valence-corrected chi connectivity index (χ0v) is 16.1. The van der Waals surface area contributed by atoms with E-state index in [1.165, 1.54) is 23.8 Å². The maximum atomic E-state index is 12.8. The molecule has 0 radical (unpaired) electrons. The Kier molecular flexibility index (Phi) is 5.33. The van der Waals surface area contributed by atoms with Crippen LogP contribution in [0.1, 0.15) is 6.92 Å². The first kappa shape index (κ1) is 18.5. The van der Waals surface area contributed by atoms with Gasteiger partial charge in [-0.05, 0) is 61.5 Å². The summed E-state index contributed by atoms with van der Waals surface area (Å²) in [4.78, 5) is 27.3. The Balaban J connectivity index is 1.87. The van der Waals surface area contributed by atoms with Crippen LogP contribution in [0.25, 0.3) is 0 Å². The smallest absolute Gasteiger partial charge is 0.344 e. The quantitative estimate of drug-likeness (QED) is 0.605. The van der Waals surface area contributed by atoms with Gasteiger partial charge in [-0.1, -0.05) is 0 Å². The van der Waals surface area contributed by atoms with Gasteiger partial charge in [0.05, 0.1) is 16.3 Å². The molecule has 3 rings (SSSR count). The van der Waals surface area contributed by atoms with Crippen molar-refractivity contribution in [1.29, 1.82) is 0 Å². The van der Waals surface area contributed by atoms with Crippen molar-refractivity contribution in [2.45, 2.75) is 22.8 Å². The number of amides is 2. The standard InChI is InChI=1S/C18H18N2O4S2/c1-11(17(21)22)24-13-6-9-16-15(10-13)19(2)18(23)20(26-16)12-4-7-14(25-3)8-5-12/h4-11H,1-3H3,(H,21,22)/t11-/m1/s1. The second-order valence-corrected chi connectivity index (χ2v) is 7.52. The van der Waals surface area contributed by atoms with Crippen molar-refractivity contribution in [2.24, 2.45) is 0 Å². The summed E-state index contributed by atoms with van der Waals surface area (Å²) in [5.41, 5.74) is 1.49. The number of carbonyl (C=O) groups is 2. The van der Waals surface area contributed by atoms with Crippen molar-refractivity contribution in [3.05, 3.63) is 42.5 Å². The van der Waals surface area contributed by atoms with Crippen molar-refractivity contribution in [3.63, 3.8) is 0 Å². The van der Waals surface area contributed by atoms with Gasteiger partial charge in [-0.15, -0.1) is 11.8 Å². The summed E-state index contributed by atoms with van der Waals surface area (Å²) in [6.07, 6.45) is 1.04. The van der Waals surface area contributed by atoms with Crippen LogP contribution in [0, 0.1) is 0 Å². The van der Waals surface area contributed by atoms with E-state index in [-0.39, 0.29) is 6.03 Å². The third kappa shape index (κ3) is 3.61. The number of anilines is 2. The van der Waals surface area contributed by atoms with Crippen LogP contribution in [-0.4, -0.2) is 36.5 Å². The van der Waals surface area contributed by atoms with Gasteiger partial charge in [0.2, 0.25) is 0 Å². The molecule has 6 nitrogen and oxygen atoms in total. The molecular formula is C18H18N2O4S2.